The van der Waals surface area contributed by atoms with Gasteiger partial charge < -0.3 is 9.80 Å². The molecule has 1 aliphatic heterocycles. The first-order valence-electron chi connectivity index (χ1n) is 10.4. The van der Waals surface area contributed by atoms with E-state index in [0.29, 0.717) is 25.4 Å². The van der Waals surface area contributed by atoms with Gasteiger partial charge in [-0.15, -0.1) is 0 Å². The van der Waals surface area contributed by atoms with E-state index in [0.717, 1.165) is 34.3 Å². The molecule has 176 valence electrons. The average molecular weight is 479 g/mol. The molecule has 0 N–H and O–H groups in total. The van der Waals surface area contributed by atoms with Crippen LogP contribution in [0.5, 0.6) is 0 Å². The Balaban J connectivity index is 1.54. The van der Waals surface area contributed by atoms with E-state index in [2.05, 4.69) is 22.9 Å². The number of alkyl halides is 3. The van der Waals surface area contributed by atoms with Crippen LogP contribution in [0.1, 0.15) is 12.5 Å². The van der Waals surface area contributed by atoms with Crippen molar-refractivity contribution in [2.24, 2.45) is 0 Å². The van der Waals surface area contributed by atoms with Crippen LogP contribution in [0, 0.1) is 0 Å². The number of aromatic nitrogens is 1. The van der Waals surface area contributed by atoms with Crippen LogP contribution >= 0.6 is 0 Å². The maximum atomic E-state index is 12.8. The predicted molar refractivity (Wildman–Crippen MR) is 123 cm³/mol. The minimum absolute atomic E-state index is 0.198. The number of para-hydroxylation sites is 1. The first kappa shape index (κ1) is 23.3. The molecule has 1 saturated heterocycles. The Labute approximate surface area is 191 Å². The molecular formula is C23H25F3N4O2S. The predicted octanol–water partition coefficient (Wildman–Crippen LogP) is 4.26. The Bertz CT molecular complexity index is 1260. The highest BCUT2D eigenvalue weighted by Crippen LogP contribution is 2.32. The number of nitrogens with zero attached hydrogens (tertiary/aromatic N) is 4. The summed E-state index contributed by atoms with van der Waals surface area (Å²) in [5.41, 5.74) is -1.51. The van der Waals surface area contributed by atoms with E-state index < -0.39 is 20.2 Å². The van der Waals surface area contributed by atoms with E-state index in [9.17, 15) is 21.6 Å². The van der Waals surface area contributed by atoms with Crippen molar-refractivity contribution in [2.45, 2.75) is 29.9 Å². The number of hydrogen-bond acceptors (Lipinski definition) is 6. The lowest BCUT2D eigenvalue weighted by Gasteiger charge is -2.22. The Kier molecular flexibility index (Phi) is 6.00. The van der Waals surface area contributed by atoms with Crippen molar-refractivity contribution >= 4 is 32.1 Å². The topological polar surface area (TPSA) is 56.8 Å². The highest BCUT2D eigenvalue weighted by molar-refractivity contribution is 7.92. The molecule has 1 unspecified atom stereocenters. The molecule has 0 spiro atoms. The van der Waals surface area contributed by atoms with Crippen molar-refractivity contribution in [3.05, 3.63) is 60.3 Å². The first-order chi connectivity index (χ1) is 15.5. The minimum Gasteiger partial charge on any atom is -0.376 e. The summed E-state index contributed by atoms with van der Waals surface area (Å²) in [5, 5.41) is 1.08. The van der Waals surface area contributed by atoms with Crippen molar-refractivity contribution in [1.82, 2.24) is 9.88 Å². The van der Waals surface area contributed by atoms with E-state index in [4.69, 9.17) is 0 Å². The van der Waals surface area contributed by atoms with Crippen LogP contribution in [-0.4, -0.2) is 57.2 Å². The molecule has 1 aliphatic rings. The van der Waals surface area contributed by atoms with Crippen LogP contribution in [0.15, 0.2) is 59.6 Å². The van der Waals surface area contributed by atoms with Crippen molar-refractivity contribution in [2.75, 3.05) is 37.1 Å². The SMILES string of the molecule is CC1CN(c2ccc(S(=O)(=O)C(F)(F)F)cc2)CN1Cc1ccnc2c(N(C)C)cccc12. The summed E-state index contributed by atoms with van der Waals surface area (Å²) in [4.78, 5) is 10.2. The molecule has 6 nitrogen and oxygen atoms in total. The molecule has 1 fully saturated rings. The lowest BCUT2D eigenvalue weighted by Crippen LogP contribution is -2.28. The number of halogens is 3. The summed E-state index contributed by atoms with van der Waals surface area (Å²) >= 11 is 0. The van der Waals surface area contributed by atoms with Crippen molar-refractivity contribution in [1.29, 1.82) is 0 Å². The molecule has 4 rings (SSSR count). The van der Waals surface area contributed by atoms with Crippen LogP contribution in [0.3, 0.4) is 0 Å². The fourth-order valence-corrected chi connectivity index (χ4v) is 4.91. The second-order valence-electron chi connectivity index (χ2n) is 8.44. The van der Waals surface area contributed by atoms with Gasteiger partial charge in [0.05, 0.1) is 22.8 Å². The van der Waals surface area contributed by atoms with Gasteiger partial charge in [0.2, 0.25) is 0 Å². The summed E-state index contributed by atoms with van der Waals surface area (Å²) in [6, 6.07) is 13.2. The lowest BCUT2D eigenvalue weighted by atomic mass is 10.1. The second kappa shape index (κ2) is 8.49. The molecule has 2 aromatic carbocycles. The number of fused-ring (bicyclic) bond motifs is 1. The molecule has 2 heterocycles. The summed E-state index contributed by atoms with van der Waals surface area (Å²) in [6.07, 6.45) is 1.81. The number of benzene rings is 2. The molecule has 10 heteroatoms. The molecule has 1 atom stereocenters. The van der Waals surface area contributed by atoms with Gasteiger partial charge in [-0.1, -0.05) is 12.1 Å². The number of pyridine rings is 1. The molecule has 0 bridgehead atoms. The Morgan fingerprint density at radius 2 is 1.79 bits per heavy atom. The number of sulfone groups is 1. The number of rotatable bonds is 5. The van der Waals surface area contributed by atoms with Gasteiger partial charge in [-0.2, -0.15) is 13.2 Å². The maximum absolute atomic E-state index is 12.8. The summed E-state index contributed by atoms with van der Waals surface area (Å²) in [6.45, 7) is 4.03. The quantitative estimate of drug-likeness (QED) is 0.546. The van der Waals surface area contributed by atoms with Crippen LogP contribution in [0.25, 0.3) is 10.9 Å². The highest BCUT2D eigenvalue weighted by Gasteiger charge is 2.46. The Morgan fingerprint density at radius 1 is 1.09 bits per heavy atom. The average Bonchev–Trinajstić information content (AvgIpc) is 3.13. The summed E-state index contributed by atoms with van der Waals surface area (Å²) in [5.74, 6) is 0. The van der Waals surface area contributed by atoms with E-state index in [1.807, 2.05) is 48.3 Å². The summed E-state index contributed by atoms with van der Waals surface area (Å²) < 4.78 is 61.6. The molecule has 1 aromatic heterocycles. The third-order valence-corrected chi connectivity index (χ3v) is 7.47. The molecule has 33 heavy (non-hydrogen) atoms. The van der Waals surface area contributed by atoms with E-state index in [1.165, 1.54) is 12.1 Å². The number of anilines is 2. The smallest absolute Gasteiger partial charge is 0.376 e. The largest absolute Gasteiger partial charge is 0.501 e. The van der Waals surface area contributed by atoms with Crippen molar-refractivity contribution < 1.29 is 21.6 Å². The fraction of sp³-hybridized carbons (Fsp3) is 0.348. The molecule has 0 amide bonds. The normalized spacial score (nSPS) is 17.6. The molecular weight excluding hydrogens is 453 g/mol. The molecule has 0 aliphatic carbocycles. The lowest BCUT2D eigenvalue weighted by molar-refractivity contribution is -0.0436. The van der Waals surface area contributed by atoms with Crippen LogP contribution in [0.4, 0.5) is 24.5 Å². The minimum atomic E-state index is -5.35. The van der Waals surface area contributed by atoms with Crippen molar-refractivity contribution in [3.63, 3.8) is 0 Å². The third-order valence-electron chi connectivity index (χ3n) is 5.97. The van der Waals surface area contributed by atoms with E-state index in [1.54, 1.807) is 0 Å². The van der Waals surface area contributed by atoms with Gasteiger partial charge in [0.25, 0.3) is 9.84 Å². The van der Waals surface area contributed by atoms with Gasteiger partial charge in [0, 0.05) is 50.5 Å². The molecule has 3 aromatic rings. The van der Waals surface area contributed by atoms with Gasteiger partial charge in [-0.3, -0.25) is 9.88 Å². The molecule has 0 saturated carbocycles. The van der Waals surface area contributed by atoms with Crippen LogP contribution < -0.4 is 9.80 Å². The van der Waals surface area contributed by atoms with Gasteiger partial charge in [0.1, 0.15) is 0 Å². The van der Waals surface area contributed by atoms with Crippen LogP contribution in [-0.2, 0) is 16.4 Å². The highest BCUT2D eigenvalue weighted by atomic mass is 32.2. The zero-order valence-electron chi connectivity index (χ0n) is 18.5. The maximum Gasteiger partial charge on any atom is 0.501 e. The third kappa shape index (κ3) is 4.37. The van der Waals surface area contributed by atoms with Crippen molar-refractivity contribution in [3.8, 4) is 0 Å². The number of hydrogen-bond donors (Lipinski definition) is 0. The zero-order chi connectivity index (χ0) is 24.0. The van der Waals surface area contributed by atoms with Gasteiger partial charge in [-0.05, 0) is 48.9 Å². The summed E-state index contributed by atoms with van der Waals surface area (Å²) in [7, 11) is -1.39. The Morgan fingerprint density at radius 3 is 2.42 bits per heavy atom. The standard InChI is InChI=1S/C23H25F3N4O2S/c1-16-13-30(18-7-9-19(10-8-18)33(31,32)23(24,25)26)15-29(16)14-17-11-12-27-22-20(17)5-4-6-21(22)28(2)3/h4-12,16H,13-15H2,1-3H3. The van der Waals surface area contributed by atoms with Crippen LogP contribution in [0.2, 0.25) is 0 Å². The Hall–Kier alpha value is -2.85. The monoisotopic (exact) mass is 478 g/mol. The van der Waals surface area contributed by atoms with Gasteiger partial charge in [-0.25, -0.2) is 8.42 Å². The zero-order valence-corrected chi connectivity index (χ0v) is 19.4. The second-order valence-corrected chi connectivity index (χ2v) is 10.4. The van der Waals surface area contributed by atoms with E-state index >= 15 is 0 Å². The first-order valence-corrected chi connectivity index (χ1v) is 11.9. The van der Waals surface area contributed by atoms with E-state index in [-0.39, 0.29) is 6.04 Å². The van der Waals surface area contributed by atoms with Gasteiger partial charge >= 0.3 is 5.51 Å². The fourth-order valence-electron chi connectivity index (χ4n) is 4.15. The molecule has 0 radical (unpaired) electrons. The van der Waals surface area contributed by atoms with Gasteiger partial charge in [0.15, 0.2) is 0 Å².